The Balaban J connectivity index is 2.94. The van der Waals surface area contributed by atoms with Crippen LogP contribution in [0.15, 0.2) is 18.2 Å². The number of benzene rings is 1. The number of carbonyl (C=O) groups is 1. The lowest BCUT2D eigenvalue weighted by Gasteiger charge is -2.20. The normalized spacial score (nSPS) is 12.0. The molecule has 0 radical (unpaired) electrons. The average molecular weight is 366 g/mol. The topological polar surface area (TPSA) is 72.7 Å². The first-order valence-electron chi connectivity index (χ1n) is 5.69. The van der Waals surface area contributed by atoms with Crippen LogP contribution in [0.3, 0.4) is 0 Å². The van der Waals surface area contributed by atoms with E-state index in [0.29, 0.717) is 13.2 Å². The number of hydrogen-bond donors (Lipinski definition) is 0. The zero-order valence-electron chi connectivity index (χ0n) is 11.0. The molecule has 0 aliphatic heterocycles. The quantitative estimate of drug-likeness (QED) is 0.441. The van der Waals surface area contributed by atoms with Crippen LogP contribution in [0.4, 0.5) is 5.69 Å². The van der Waals surface area contributed by atoms with Crippen molar-refractivity contribution in [2.24, 2.45) is 0 Å². The molecule has 0 heterocycles. The van der Waals surface area contributed by atoms with Crippen LogP contribution in [0.2, 0.25) is 5.02 Å². The maximum atomic E-state index is 12.2. The van der Waals surface area contributed by atoms with Crippen LogP contribution in [0.1, 0.15) is 10.4 Å². The molecule has 1 aromatic rings. The van der Waals surface area contributed by atoms with Crippen LogP contribution in [0.25, 0.3) is 0 Å². The van der Waals surface area contributed by atoms with Crippen LogP contribution >= 0.6 is 27.5 Å². The van der Waals surface area contributed by atoms with Gasteiger partial charge in [-0.15, -0.1) is 0 Å². The maximum absolute atomic E-state index is 12.2. The van der Waals surface area contributed by atoms with Crippen molar-refractivity contribution in [1.29, 1.82) is 0 Å². The second kappa shape index (κ2) is 7.56. The smallest absolute Gasteiger partial charge is 0.283 e. The zero-order chi connectivity index (χ0) is 15.3. The van der Waals surface area contributed by atoms with Crippen LogP contribution in [0, 0.1) is 10.1 Å². The van der Waals surface area contributed by atoms with E-state index in [1.54, 1.807) is 14.2 Å². The molecule has 1 aromatic carbocycles. The summed E-state index contributed by atoms with van der Waals surface area (Å²) >= 11 is 9.08. The molecule has 110 valence electrons. The number of amides is 1. The third-order valence-corrected chi connectivity index (χ3v) is 3.34. The number of ether oxygens (including phenoxy) is 1. The van der Waals surface area contributed by atoms with E-state index < -0.39 is 10.8 Å². The van der Waals surface area contributed by atoms with E-state index in [9.17, 15) is 14.9 Å². The van der Waals surface area contributed by atoms with Gasteiger partial charge in [0.1, 0.15) is 5.56 Å². The van der Waals surface area contributed by atoms with Crippen molar-refractivity contribution < 1.29 is 14.5 Å². The second-order valence-electron chi connectivity index (χ2n) is 4.16. The molecule has 0 bridgehead atoms. The number of methoxy groups -OCH3 is 1. The fourth-order valence-corrected chi connectivity index (χ4v) is 2.52. The number of nitro groups is 1. The Labute approximate surface area is 129 Å². The van der Waals surface area contributed by atoms with Gasteiger partial charge in [-0.1, -0.05) is 27.5 Å². The number of nitrogens with zero attached hydrogens (tertiary/aromatic N) is 2. The standard InChI is InChI=1S/C12H14BrClN2O4/c1-15(6-8(13)7-20-2)12(17)10-4-3-9(14)5-11(10)16(18)19/h3-5,8H,6-7H2,1-2H3. The molecule has 1 amide bonds. The fraction of sp³-hybridized carbons (Fsp3) is 0.417. The van der Waals surface area contributed by atoms with Crippen molar-refractivity contribution in [1.82, 2.24) is 4.90 Å². The highest BCUT2D eigenvalue weighted by molar-refractivity contribution is 9.09. The van der Waals surface area contributed by atoms with E-state index in [2.05, 4.69) is 15.9 Å². The summed E-state index contributed by atoms with van der Waals surface area (Å²) in [4.78, 5) is 23.9. The van der Waals surface area contributed by atoms with Gasteiger partial charge in [-0.05, 0) is 12.1 Å². The minimum atomic E-state index is -0.617. The monoisotopic (exact) mass is 364 g/mol. The van der Waals surface area contributed by atoms with Gasteiger partial charge in [0.2, 0.25) is 0 Å². The Morgan fingerprint density at radius 1 is 1.60 bits per heavy atom. The molecule has 0 aliphatic carbocycles. The van der Waals surface area contributed by atoms with Gasteiger partial charge in [-0.2, -0.15) is 0 Å². The Kier molecular flexibility index (Phi) is 6.38. The number of carbonyl (C=O) groups excluding carboxylic acids is 1. The molecular weight excluding hydrogens is 351 g/mol. The van der Waals surface area contributed by atoms with Crippen molar-refractivity contribution in [3.63, 3.8) is 0 Å². The largest absolute Gasteiger partial charge is 0.383 e. The van der Waals surface area contributed by atoms with Gasteiger partial charge >= 0.3 is 0 Å². The average Bonchev–Trinajstić information content (AvgIpc) is 2.37. The minimum Gasteiger partial charge on any atom is -0.383 e. The van der Waals surface area contributed by atoms with Crippen molar-refractivity contribution >= 4 is 39.1 Å². The summed E-state index contributed by atoms with van der Waals surface area (Å²) in [6.45, 7) is 0.798. The first-order valence-corrected chi connectivity index (χ1v) is 6.98. The van der Waals surface area contributed by atoms with Crippen LogP contribution in [-0.4, -0.2) is 47.9 Å². The number of halogens is 2. The van der Waals surface area contributed by atoms with Crippen molar-refractivity contribution in [3.8, 4) is 0 Å². The maximum Gasteiger partial charge on any atom is 0.283 e. The number of rotatable bonds is 6. The van der Waals surface area contributed by atoms with E-state index in [4.69, 9.17) is 16.3 Å². The van der Waals surface area contributed by atoms with Crippen LogP contribution < -0.4 is 0 Å². The van der Waals surface area contributed by atoms with Crippen molar-refractivity contribution in [2.75, 3.05) is 27.3 Å². The zero-order valence-corrected chi connectivity index (χ0v) is 13.3. The Morgan fingerprint density at radius 2 is 2.25 bits per heavy atom. The summed E-state index contributed by atoms with van der Waals surface area (Å²) in [5, 5.41) is 11.2. The van der Waals surface area contributed by atoms with Gasteiger partial charge in [0.05, 0.1) is 16.4 Å². The summed E-state index contributed by atoms with van der Waals surface area (Å²) in [6.07, 6.45) is 0. The first-order chi connectivity index (χ1) is 9.36. The van der Waals surface area contributed by atoms with Gasteiger partial charge in [-0.25, -0.2) is 0 Å². The Morgan fingerprint density at radius 3 is 2.80 bits per heavy atom. The lowest BCUT2D eigenvalue weighted by Crippen LogP contribution is -2.34. The highest BCUT2D eigenvalue weighted by atomic mass is 79.9. The SMILES string of the molecule is COCC(Br)CN(C)C(=O)c1ccc(Cl)cc1[N+](=O)[O-]. The highest BCUT2D eigenvalue weighted by Crippen LogP contribution is 2.24. The number of alkyl halides is 1. The van der Waals surface area contributed by atoms with E-state index in [1.807, 2.05) is 0 Å². The molecule has 6 nitrogen and oxygen atoms in total. The third kappa shape index (κ3) is 4.43. The minimum absolute atomic E-state index is 0.0130. The van der Waals surface area contributed by atoms with Gasteiger partial charge < -0.3 is 9.64 Å². The highest BCUT2D eigenvalue weighted by Gasteiger charge is 2.24. The predicted octanol–water partition coefficient (Wildman–Crippen LogP) is 2.73. The molecule has 0 aliphatic rings. The lowest BCUT2D eigenvalue weighted by atomic mass is 10.1. The van der Waals surface area contributed by atoms with Gasteiger partial charge in [0, 0.05) is 31.8 Å². The van der Waals surface area contributed by atoms with Crippen molar-refractivity contribution in [2.45, 2.75) is 4.83 Å². The molecule has 0 aromatic heterocycles. The molecule has 1 rings (SSSR count). The third-order valence-electron chi connectivity index (χ3n) is 2.55. The first kappa shape index (κ1) is 16.9. The fourth-order valence-electron chi connectivity index (χ4n) is 1.66. The summed E-state index contributed by atoms with van der Waals surface area (Å²) in [7, 11) is 3.13. The Hall–Kier alpha value is -1.18. The summed E-state index contributed by atoms with van der Waals surface area (Å²) in [5.74, 6) is -0.436. The molecule has 0 saturated heterocycles. The van der Waals surface area contributed by atoms with Crippen molar-refractivity contribution in [3.05, 3.63) is 38.9 Å². The molecule has 0 fully saturated rings. The molecule has 0 saturated carbocycles. The summed E-state index contributed by atoms with van der Waals surface area (Å²) in [5.41, 5.74) is -0.286. The second-order valence-corrected chi connectivity index (χ2v) is 5.89. The van der Waals surface area contributed by atoms with Gasteiger partial charge in [0.25, 0.3) is 11.6 Å². The van der Waals surface area contributed by atoms with E-state index in [1.165, 1.54) is 23.1 Å². The van der Waals surface area contributed by atoms with Gasteiger partial charge in [0.15, 0.2) is 0 Å². The molecule has 0 spiro atoms. The molecule has 1 atom stereocenters. The molecule has 20 heavy (non-hydrogen) atoms. The number of hydrogen-bond acceptors (Lipinski definition) is 4. The molecule has 0 N–H and O–H groups in total. The summed E-state index contributed by atoms with van der Waals surface area (Å²) < 4.78 is 4.96. The summed E-state index contributed by atoms with van der Waals surface area (Å²) in [6, 6.07) is 3.98. The van der Waals surface area contributed by atoms with E-state index in [0.717, 1.165) is 0 Å². The lowest BCUT2D eigenvalue weighted by molar-refractivity contribution is -0.385. The molecular formula is C12H14BrClN2O4. The number of nitro benzene ring substituents is 1. The Bertz CT molecular complexity index is 512. The van der Waals surface area contributed by atoms with Gasteiger partial charge in [-0.3, -0.25) is 14.9 Å². The van der Waals surface area contributed by atoms with E-state index in [-0.39, 0.29) is 21.1 Å². The van der Waals surface area contributed by atoms with Crippen LogP contribution in [-0.2, 0) is 4.74 Å². The van der Waals surface area contributed by atoms with E-state index >= 15 is 0 Å². The van der Waals surface area contributed by atoms with Crippen LogP contribution in [0.5, 0.6) is 0 Å². The molecule has 1 unspecified atom stereocenters. The predicted molar refractivity (Wildman–Crippen MR) is 79.7 cm³/mol. The molecule has 8 heteroatoms.